The van der Waals surface area contributed by atoms with Gasteiger partial charge in [-0.1, -0.05) is 35.9 Å². The van der Waals surface area contributed by atoms with Crippen LogP contribution in [0.4, 0.5) is 18.9 Å². The number of nitrogens with zero attached hydrogens (tertiary/aromatic N) is 1. The van der Waals surface area contributed by atoms with Crippen LogP contribution in [0.25, 0.3) is 0 Å². The molecule has 0 spiro atoms. The third-order valence-corrected chi connectivity index (χ3v) is 2.64. The molecule has 0 bridgehead atoms. The van der Waals surface area contributed by atoms with Crippen LogP contribution in [0.15, 0.2) is 53.6 Å². The van der Waals surface area contributed by atoms with Gasteiger partial charge in [-0.3, -0.25) is 5.43 Å². The minimum Gasteiger partial charge on any atom is -0.278 e. The Labute approximate surface area is 114 Å². The third-order valence-electron chi connectivity index (χ3n) is 2.64. The van der Waals surface area contributed by atoms with E-state index in [4.69, 9.17) is 0 Å². The number of hydrogen-bond donors (Lipinski definition) is 1. The Morgan fingerprint density at radius 2 is 1.80 bits per heavy atom. The zero-order valence-electron chi connectivity index (χ0n) is 10.8. The van der Waals surface area contributed by atoms with Crippen LogP contribution in [0.3, 0.4) is 0 Å². The summed E-state index contributed by atoms with van der Waals surface area (Å²) in [4.78, 5) is 0. The van der Waals surface area contributed by atoms with Crippen LogP contribution in [-0.2, 0) is 6.18 Å². The van der Waals surface area contributed by atoms with Crippen LogP contribution in [0.2, 0.25) is 0 Å². The first-order valence-electron chi connectivity index (χ1n) is 5.98. The molecule has 0 radical (unpaired) electrons. The van der Waals surface area contributed by atoms with Crippen LogP contribution in [0, 0.1) is 6.92 Å². The van der Waals surface area contributed by atoms with E-state index >= 15 is 0 Å². The van der Waals surface area contributed by atoms with Gasteiger partial charge in [0.1, 0.15) is 0 Å². The summed E-state index contributed by atoms with van der Waals surface area (Å²) in [6.07, 6.45) is -2.79. The Hall–Kier alpha value is -2.30. The van der Waals surface area contributed by atoms with E-state index < -0.39 is 11.7 Å². The summed E-state index contributed by atoms with van der Waals surface area (Å²) in [5.74, 6) is 0. The molecule has 2 aromatic rings. The van der Waals surface area contributed by atoms with Gasteiger partial charge in [0.15, 0.2) is 0 Å². The molecular weight excluding hydrogens is 265 g/mol. The highest BCUT2D eigenvalue weighted by molar-refractivity contribution is 5.80. The lowest BCUT2D eigenvalue weighted by atomic mass is 10.2. The maximum absolute atomic E-state index is 12.5. The Kier molecular flexibility index (Phi) is 4.08. The smallest absolute Gasteiger partial charge is 0.278 e. The van der Waals surface area contributed by atoms with Crippen molar-refractivity contribution < 1.29 is 13.2 Å². The number of hydrazone groups is 1. The van der Waals surface area contributed by atoms with Crippen molar-refractivity contribution in [2.45, 2.75) is 13.1 Å². The van der Waals surface area contributed by atoms with Gasteiger partial charge in [0.2, 0.25) is 0 Å². The highest BCUT2D eigenvalue weighted by Gasteiger charge is 2.30. The summed E-state index contributed by atoms with van der Waals surface area (Å²) in [5, 5.41) is 3.93. The molecular formula is C15H13F3N2. The predicted molar refractivity (Wildman–Crippen MR) is 73.8 cm³/mol. The molecule has 0 amide bonds. The fourth-order valence-corrected chi connectivity index (χ4v) is 1.70. The van der Waals surface area contributed by atoms with Gasteiger partial charge in [0.05, 0.1) is 17.5 Å². The van der Waals surface area contributed by atoms with Gasteiger partial charge in [-0.2, -0.15) is 18.3 Å². The zero-order chi connectivity index (χ0) is 14.6. The normalized spacial score (nSPS) is 11.8. The first-order chi connectivity index (χ1) is 9.45. The molecule has 0 heterocycles. The summed E-state index contributed by atoms with van der Waals surface area (Å²) in [6, 6.07) is 12.6. The average molecular weight is 278 g/mol. The van der Waals surface area contributed by atoms with Crippen molar-refractivity contribution in [2.24, 2.45) is 5.10 Å². The maximum atomic E-state index is 12.5. The lowest BCUT2D eigenvalue weighted by Crippen LogP contribution is -2.05. The maximum Gasteiger partial charge on any atom is 0.416 e. The number of hydrogen-bond acceptors (Lipinski definition) is 2. The molecule has 0 aliphatic heterocycles. The largest absolute Gasteiger partial charge is 0.416 e. The van der Waals surface area contributed by atoms with Crippen LogP contribution in [0.5, 0.6) is 0 Å². The van der Waals surface area contributed by atoms with E-state index in [0.29, 0.717) is 5.69 Å². The highest BCUT2D eigenvalue weighted by Crippen LogP contribution is 2.30. The first kappa shape index (κ1) is 14.1. The molecule has 0 aliphatic rings. The summed E-state index contributed by atoms with van der Waals surface area (Å²) >= 11 is 0. The molecule has 0 saturated carbocycles. The number of rotatable bonds is 3. The van der Waals surface area contributed by atoms with E-state index in [1.54, 1.807) is 6.21 Å². The molecule has 5 heteroatoms. The van der Waals surface area contributed by atoms with E-state index in [0.717, 1.165) is 23.3 Å². The Balaban J connectivity index is 2.08. The quantitative estimate of drug-likeness (QED) is 0.650. The number of anilines is 1. The van der Waals surface area contributed by atoms with Gasteiger partial charge >= 0.3 is 6.18 Å². The van der Waals surface area contributed by atoms with E-state index in [2.05, 4.69) is 10.5 Å². The van der Waals surface area contributed by atoms with Crippen molar-refractivity contribution in [3.63, 3.8) is 0 Å². The van der Waals surface area contributed by atoms with Crippen LogP contribution < -0.4 is 5.43 Å². The standard InChI is InChI=1S/C15H13F3N2/c1-11-4-2-5-12(8-11)10-19-20-14-7-3-6-13(9-14)15(16,17)18/h2-10,20H,1H3. The van der Waals surface area contributed by atoms with Crippen LogP contribution >= 0.6 is 0 Å². The Bertz CT molecular complexity index is 619. The van der Waals surface area contributed by atoms with Crippen LogP contribution in [-0.4, -0.2) is 6.21 Å². The number of nitrogens with one attached hydrogen (secondary N) is 1. The lowest BCUT2D eigenvalue weighted by Gasteiger charge is -2.08. The van der Waals surface area contributed by atoms with Crippen molar-refractivity contribution in [3.8, 4) is 0 Å². The first-order valence-corrected chi connectivity index (χ1v) is 5.98. The van der Waals surface area contributed by atoms with Gasteiger partial charge in [-0.25, -0.2) is 0 Å². The SMILES string of the molecule is Cc1cccc(C=NNc2cccc(C(F)(F)F)c2)c1. The van der Waals surface area contributed by atoms with Gasteiger partial charge in [-0.05, 0) is 30.7 Å². The fourth-order valence-electron chi connectivity index (χ4n) is 1.70. The van der Waals surface area contributed by atoms with Crippen molar-refractivity contribution in [2.75, 3.05) is 5.43 Å². The van der Waals surface area contributed by atoms with Crippen molar-refractivity contribution >= 4 is 11.9 Å². The van der Waals surface area contributed by atoms with Gasteiger partial charge in [0, 0.05) is 0 Å². The number of aryl methyl sites for hydroxylation is 1. The molecule has 2 rings (SSSR count). The highest BCUT2D eigenvalue weighted by atomic mass is 19.4. The number of alkyl halides is 3. The number of halogens is 3. The van der Waals surface area contributed by atoms with Gasteiger partial charge < -0.3 is 0 Å². The fraction of sp³-hybridized carbons (Fsp3) is 0.133. The monoisotopic (exact) mass is 278 g/mol. The van der Waals surface area contributed by atoms with E-state index in [1.807, 2.05) is 31.2 Å². The van der Waals surface area contributed by atoms with Gasteiger partial charge in [-0.15, -0.1) is 0 Å². The minimum absolute atomic E-state index is 0.295. The summed E-state index contributed by atoms with van der Waals surface area (Å²) < 4.78 is 37.6. The Morgan fingerprint density at radius 1 is 1.05 bits per heavy atom. The summed E-state index contributed by atoms with van der Waals surface area (Å²) in [6.45, 7) is 1.96. The second-order valence-electron chi connectivity index (χ2n) is 4.36. The zero-order valence-corrected chi connectivity index (χ0v) is 10.8. The molecule has 20 heavy (non-hydrogen) atoms. The molecule has 0 unspecified atom stereocenters. The molecule has 0 aromatic heterocycles. The molecule has 1 N–H and O–H groups in total. The van der Waals surface area contributed by atoms with E-state index in [-0.39, 0.29) is 0 Å². The third kappa shape index (κ3) is 3.85. The van der Waals surface area contributed by atoms with E-state index in [1.165, 1.54) is 12.1 Å². The van der Waals surface area contributed by atoms with Crippen molar-refractivity contribution in [1.82, 2.24) is 0 Å². The average Bonchev–Trinajstić information content (AvgIpc) is 2.38. The van der Waals surface area contributed by atoms with Crippen molar-refractivity contribution in [1.29, 1.82) is 0 Å². The molecule has 0 atom stereocenters. The van der Waals surface area contributed by atoms with Gasteiger partial charge in [0.25, 0.3) is 0 Å². The lowest BCUT2D eigenvalue weighted by molar-refractivity contribution is -0.137. The second kappa shape index (κ2) is 5.77. The molecule has 2 aromatic carbocycles. The van der Waals surface area contributed by atoms with Crippen molar-refractivity contribution in [3.05, 3.63) is 65.2 Å². The van der Waals surface area contributed by atoms with Crippen LogP contribution in [0.1, 0.15) is 16.7 Å². The molecule has 2 nitrogen and oxygen atoms in total. The predicted octanol–water partition coefficient (Wildman–Crippen LogP) is 4.46. The summed E-state index contributed by atoms with van der Waals surface area (Å²) in [7, 11) is 0. The molecule has 0 saturated heterocycles. The Morgan fingerprint density at radius 3 is 2.50 bits per heavy atom. The molecule has 0 aliphatic carbocycles. The minimum atomic E-state index is -4.35. The van der Waals surface area contributed by atoms with E-state index in [9.17, 15) is 13.2 Å². The molecule has 104 valence electrons. The topological polar surface area (TPSA) is 24.4 Å². The second-order valence-corrected chi connectivity index (χ2v) is 4.36. The summed E-state index contributed by atoms with van der Waals surface area (Å²) in [5.41, 5.74) is 4.16. The number of benzene rings is 2. The molecule has 0 fully saturated rings.